The van der Waals surface area contributed by atoms with E-state index in [1.54, 1.807) is 12.4 Å². The molecule has 0 saturated heterocycles. The molecule has 1 amide bonds. The van der Waals surface area contributed by atoms with Crippen molar-refractivity contribution in [1.82, 2.24) is 20.5 Å². The van der Waals surface area contributed by atoms with E-state index in [2.05, 4.69) is 25.8 Å². The number of carbonyl (C=O) groups excluding carboxylic acids is 1. The van der Waals surface area contributed by atoms with Crippen LogP contribution in [0.5, 0.6) is 5.75 Å². The van der Waals surface area contributed by atoms with E-state index >= 15 is 0 Å². The number of anilines is 2. The summed E-state index contributed by atoms with van der Waals surface area (Å²) < 4.78 is 11.6. The molecule has 2 aromatic heterocycles. The molecular weight excluding hydrogens is 358 g/mol. The first-order valence-corrected chi connectivity index (χ1v) is 9.96. The number of carbonyl (C=O) groups is 1. The molecule has 1 aliphatic carbocycles. The van der Waals surface area contributed by atoms with E-state index in [0.29, 0.717) is 11.7 Å². The minimum absolute atomic E-state index is 0.00350. The summed E-state index contributed by atoms with van der Waals surface area (Å²) in [5.74, 6) is 1.75. The Morgan fingerprint density at radius 2 is 1.96 bits per heavy atom. The third kappa shape index (κ3) is 4.55. The van der Waals surface area contributed by atoms with E-state index in [4.69, 9.17) is 9.47 Å². The Labute approximate surface area is 164 Å². The number of nitrogens with zero attached hydrogens (tertiary/aromatic N) is 2. The first-order valence-electron chi connectivity index (χ1n) is 9.96. The molecule has 0 unspecified atom stereocenters. The second-order valence-electron chi connectivity index (χ2n) is 7.83. The molecule has 2 aromatic rings. The third-order valence-corrected chi connectivity index (χ3v) is 5.39. The lowest BCUT2D eigenvalue weighted by atomic mass is 10.0. The van der Waals surface area contributed by atoms with Crippen LogP contribution in [0.3, 0.4) is 0 Å². The van der Waals surface area contributed by atoms with Crippen molar-refractivity contribution in [3.8, 4) is 5.75 Å². The Morgan fingerprint density at radius 3 is 2.86 bits per heavy atom. The van der Waals surface area contributed by atoms with E-state index in [0.717, 1.165) is 49.3 Å². The molecule has 28 heavy (non-hydrogen) atoms. The number of H-pyrrole nitrogens is 1. The third-order valence-electron chi connectivity index (χ3n) is 5.39. The molecule has 150 valence electrons. The number of hydrogen-bond acceptors (Lipinski definition) is 6. The van der Waals surface area contributed by atoms with Gasteiger partial charge in [0.25, 0.3) is 0 Å². The van der Waals surface area contributed by atoms with Crippen molar-refractivity contribution in [2.75, 3.05) is 5.32 Å². The molecule has 3 N–H and O–H groups in total. The van der Waals surface area contributed by atoms with E-state index in [-0.39, 0.29) is 24.3 Å². The van der Waals surface area contributed by atoms with Gasteiger partial charge in [0.1, 0.15) is 11.9 Å². The van der Waals surface area contributed by atoms with Crippen molar-refractivity contribution >= 4 is 17.6 Å². The zero-order valence-electron chi connectivity index (χ0n) is 16.3. The van der Waals surface area contributed by atoms with E-state index < -0.39 is 0 Å². The van der Waals surface area contributed by atoms with Gasteiger partial charge in [0.15, 0.2) is 5.82 Å². The van der Waals surface area contributed by atoms with Crippen LogP contribution >= 0.6 is 0 Å². The second kappa shape index (κ2) is 8.08. The van der Waals surface area contributed by atoms with Crippen LogP contribution in [0, 0.1) is 0 Å². The number of pyridine rings is 1. The van der Waals surface area contributed by atoms with Crippen molar-refractivity contribution in [3.05, 3.63) is 30.2 Å². The molecule has 1 saturated carbocycles. The van der Waals surface area contributed by atoms with Gasteiger partial charge in [0.05, 0.1) is 24.2 Å². The average Bonchev–Trinajstić information content (AvgIpc) is 3.29. The lowest BCUT2D eigenvalue weighted by Crippen LogP contribution is -2.35. The maximum atomic E-state index is 12.2. The highest BCUT2D eigenvalue weighted by atomic mass is 16.6. The SMILES string of the molecule is C[C@@H]1CC[C@H](C)NC(=O)O[C@@H]2CC[C@@H](C2)c2cc(n[nH]2)Nc2cncc(c2)O1. The predicted molar refractivity (Wildman–Crippen MR) is 105 cm³/mol. The topological polar surface area (TPSA) is 101 Å². The van der Waals surface area contributed by atoms with Crippen LogP contribution in [-0.2, 0) is 4.74 Å². The zero-order chi connectivity index (χ0) is 19.5. The van der Waals surface area contributed by atoms with Crippen LogP contribution in [0.25, 0.3) is 0 Å². The van der Waals surface area contributed by atoms with Crippen LogP contribution in [0.1, 0.15) is 57.6 Å². The van der Waals surface area contributed by atoms with Gasteiger partial charge in [0, 0.05) is 29.8 Å². The molecule has 1 aliphatic heterocycles. The number of aromatic nitrogens is 3. The van der Waals surface area contributed by atoms with Crippen LogP contribution in [0.15, 0.2) is 24.5 Å². The number of amides is 1. The maximum absolute atomic E-state index is 12.2. The summed E-state index contributed by atoms with van der Waals surface area (Å²) in [7, 11) is 0. The Bertz CT molecular complexity index is 824. The van der Waals surface area contributed by atoms with Crippen molar-refractivity contribution in [3.63, 3.8) is 0 Å². The fraction of sp³-hybridized carbons (Fsp3) is 0.550. The second-order valence-corrected chi connectivity index (χ2v) is 7.83. The number of rotatable bonds is 0. The summed E-state index contributed by atoms with van der Waals surface area (Å²) in [4.78, 5) is 16.5. The summed E-state index contributed by atoms with van der Waals surface area (Å²) in [5, 5.41) is 13.7. The molecule has 8 nitrogen and oxygen atoms in total. The number of ether oxygens (including phenoxy) is 2. The number of nitrogens with one attached hydrogen (secondary N) is 3. The maximum Gasteiger partial charge on any atom is 0.407 e. The van der Waals surface area contributed by atoms with Gasteiger partial charge < -0.3 is 20.1 Å². The average molecular weight is 385 g/mol. The highest BCUT2D eigenvalue weighted by Crippen LogP contribution is 2.36. The summed E-state index contributed by atoms with van der Waals surface area (Å²) in [5.41, 5.74) is 1.88. The Morgan fingerprint density at radius 1 is 1.07 bits per heavy atom. The normalized spacial score (nSPS) is 28.1. The number of hydrogen-bond donors (Lipinski definition) is 3. The smallest absolute Gasteiger partial charge is 0.407 e. The minimum Gasteiger partial charge on any atom is -0.489 e. The largest absolute Gasteiger partial charge is 0.489 e. The summed E-state index contributed by atoms with van der Waals surface area (Å²) in [6.07, 6.45) is 7.33. The van der Waals surface area contributed by atoms with E-state index in [1.807, 2.05) is 26.0 Å². The van der Waals surface area contributed by atoms with Crippen molar-refractivity contribution in [1.29, 1.82) is 0 Å². The molecule has 4 rings (SSSR count). The number of fused-ring (bicyclic) bond motifs is 7. The van der Waals surface area contributed by atoms with Gasteiger partial charge in [-0.05, 0) is 46.0 Å². The van der Waals surface area contributed by atoms with Gasteiger partial charge in [-0.1, -0.05) is 0 Å². The molecule has 8 heteroatoms. The van der Waals surface area contributed by atoms with Crippen molar-refractivity contribution < 1.29 is 14.3 Å². The highest BCUT2D eigenvalue weighted by molar-refractivity contribution is 5.67. The molecule has 0 aromatic carbocycles. The fourth-order valence-corrected chi connectivity index (χ4v) is 3.87. The molecule has 0 radical (unpaired) electrons. The standard InChI is InChI=1S/C20H27N5O3/c1-12-3-4-13(2)27-17-8-15(10-21-11-17)23-19-9-18(24-25-19)14-5-6-16(7-14)28-20(26)22-12/h8-14,16H,3-7H2,1-2H3,(H,22,26)(H2,23,24,25)/t12-,13+,14-,16+/m0/s1. The highest BCUT2D eigenvalue weighted by Gasteiger charge is 2.30. The molecule has 6 bridgehead atoms. The molecule has 0 spiro atoms. The quantitative estimate of drug-likeness (QED) is 0.637. The van der Waals surface area contributed by atoms with Gasteiger partial charge in [-0.25, -0.2) is 4.79 Å². The van der Waals surface area contributed by atoms with Crippen LogP contribution in [-0.4, -0.2) is 39.5 Å². The summed E-state index contributed by atoms with van der Waals surface area (Å²) >= 11 is 0. The van der Waals surface area contributed by atoms with Gasteiger partial charge in [-0.3, -0.25) is 10.1 Å². The van der Waals surface area contributed by atoms with Crippen molar-refractivity contribution in [2.45, 2.75) is 70.1 Å². The van der Waals surface area contributed by atoms with Gasteiger partial charge in [-0.2, -0.15) is 5.10 Å². The van der Waals surface area contributed by atoms with Crippen LogP contribution in [0.4, 0.5) is 16.3 Å². The van der Waals surface area contributed by atoms with Crippen LogP contribution < -0.4 is 15.4 Å². The Kier molecular flexibility index (Phi) is 5.36. The molecule has 3 heterocycles. The summed E-state index contributed by atoms with van der Waals surface area (Å²) in [6.45, 7) is 4.00. The number of alkyl carbamates (subject to hydrolysis) is 1. The van der Waals surface area contributed by atoms with Gasteiger partial charge in [0.2, 0.25) is 0 Å². The molecular formula is C20H27N5O3. The molecule has 4 atom stereocenters. The van der Waals surface area contributed by atoms with E-state index in [9.17, 15) is 4.79 Å². The van der Waals surface area contributed by atoms with Crippen molar-refractivity contribution in [2.24, 2.45) is 0 Å². The minimum atomic E-state index is -0.336. The first kappa shape index (κ1) is 18.6. The van der Waals surface area contributed by atoms with Gasteiger partial charge in [-0.15, -0.1) is 0 Å². The lowest BCUT2D eigenvalue weighted by Gasteiger charge is -2.20. The zero-order valence-corrected chi connectivity index (χ0v) is 16.3. The number of aromatic amines is 1. The van der Waals surface area contributed by atoms with Crippen LogP contribution in [0.2, 0.25) is 0 Å². The van der Waals surface area contributed by atoms with E-state index in [1.165, 1.54) is 0 Å². The monoisotopic (exact) mass is 385 g/mol. The predicted octanol–water partition coefficient (Wildman–Crippen LogP) is 3.86. The Balaban J connectivity index is 1.54. The van der Waals surface area contributed by atoms with Gasteiger partial charge >= 0.3 is 6.09 Å². The molecule has 1 fully saturated rings. The first-order chi connectivity index (χ1) is 13.5. The fourth-order valence-electron chi connectivity index (χ4n) is 3.87. The Hall–Kier alpha value is -2.77. The molecule has 2 aliphatic rings. The lowest BCUT2D eigenvalue weighted by molar-refractivity contribution is 0.0964. The summed E-state index contributed by atoms with van der Waals surface area (Å²) in [6, 6.07) is 3.95.